The minimum atomic E-state index is 0. The molecule has 0 saturated heterocycles. The first kappa shape index (κ1) is 27.6. The summed E-state index contributed by atoms with van der Waals surface area (Å²) < 4.78 is 5.98. The number of allylic oxidation sites excluding steroid dienone is 2. The molecule has 36 heavy (non-hydrogen) atoms. The van der Waals surface area contributed by atoms with Crippen molar-refractivity contribution in [2.45, 2.75) is 47.1 Å². The van der Waals surface area contributed by atoms with E-state index in [2.05, 4.69) is 36.4 Å². The van der Waals surface area contributed by atoms with E-state index < -0.39 is 0 Å². The zero-order valence-corrected chi connectivity index (χ0v) is 23.6. The number of hydrogen-bond acceptors (Lipinski definition) is 4. The van der Waals surface area contributed by atoms with Gasteiger partial charge >= 0.3 is 0 Å². The largest absolute Gasteiger partial charge is 0.512 e. The Bertz CT molecular complexity index is 1390. The van der Waals surface area contributed by atoms with Crippen LogP contribution >= 0.6 is 0 Å². The Morgan fingerprint density at radius 3 is 2.42 bits per heavy atom. The van der Waals surface area contributed by atoms with Gasteiger partial charge in [0.1, 0.15) is 5.75 Å². The van der Waals surface area contributed by atoms with Gasteiger partial charge in [-0.1, -0.05) is 86.5 Å². The molecule has 2 heterocycles. The predicted molar refractivity (Wildman–Crippen MR) is 142 cm³/mol. The van der Waals surface area contributed by atoms with Crippen molar-refractivity contribution in [3.63, 3.8) is 0 Å². The van der Waals surface area contributed by atoms with Crippen LogP contribution in [0.5, 0.6) is 5.75 Å². The first-order valence-corrected chi connectivity index (χ1v) is 12.2. The summed E-state index contributed by atoms with van der Waals surface area (Å²) >= 11 is 0. The fraction of sp³-hybridized carbons (Fsp3) is 0.290. The van der Waals surface area contributed by atoms with Gasteiger partial charge in [-0.15, -0.1) is 17.7 Å². The van der Waals surface area contributed by atoms with Crippen molar-refractivity contribution < 1.29 is 34.7 Å². The summed E-state index contributed by atoms with van der Waals surface area (Å²) in [7, 11) is 0. The molecule has 0 bridgehead atoms. The molecule has 4 nitrogen and oxygen atoms in total. The predicted octanol–water partition coefficient (Wildman–Crippen LogP) is 7.83. The molecule has 1 N–H and O–H groups in total. The average molecular weight is 659 g/mol. The van der Waals surface area contributed by atoms with Gasteiger partial charge in [-0.3, -0.25) is 9.78 Å². The molecule has 0 spiro atoms. The molecule has 0 amide bonds. The number of benzene rings is 3. The van der Waals surface area contributed by atoms with E-state index in [4.69, 9.17) is 9.72 Å². The summed E-state index contributed by atoms with van der Waals surface area (Å²) in [6.45, 7) is 8.57. The maximum absolute atomic E-state index is 11.2. The smallest absolute Gasteiger partial charge is 0.159 e. The Morgan fingerprint density at radius 1 is 1.03 bits per heavy atom. The number of aliphatic hydroxyl groups excluding tert-OH is 1. The summed E-state index contributed by atoms with van der Waals surface area (Å²) in [5.74, 6) is 1.82. The molecule has 0 saturated carbocycles. The number of ketones is 1. The van der Waals surface area contributed by atoms with E-state index in [1.54, 1.807) is 0 Å². The number of ether oxygens (including phenoxy) is 1. The molecule has 4 aromatic rings. The number of para-hydroxylation sites is 1. The number of fused-ring (bicyclic) bond motifs is 6. The summed E-state index contributed by atoms with van der Waals surface area (Å²) in [6, 6.07) is 24.0. The van der Waals surface area contributed by atoms with Crippen LogP contribution in [0.15, 0.2) is 72.5 Å². The van der Waals surface area contributed by atoms with Gasteiger partial charge in [-0.25, -0.2) is 0 Å². The Kier molecular flexibility index (Phi) is 9.42. The first-order valence-electron chi connectivity index (χ1n) is 12.2. The van der Waals surface area contributed by atoms with Gasteiger partial charge in [0, 0.05) is 50.1 Å². The molecular formula is C31H32IrNO3-. The van der Waals surface area contributed by atoms with Crippen LogP contribution in [0.25, 0.3) is 32.9 Å². The minimum Gasteiger partial charge on any atom is -0.512 e. The van der Waals surface area contributed by atoms with Crippen molar-refractivity contribution in [3.8, 4) is 17.0 Å². The van der Waals surface area contributed by atoms with Crippen LogP contribution in [0.4, 0.5) is 0 Å². The second-order valence-corrected chi connectivity index (χ2v) is 9.84. The molecule has 3 aromatic carbocycles. The summed E-state index contributed by atoms with van der Waals surface area (Å²) in [6.07, 6.45) is 2.46. The third-order valence-electron chi connectivity index (χ3n) is 5.81. The van der Waals surface area contributed by atoms with E-state index in [1.807, 2.05) is 58.0 Å². The molecule has 5 heteroatoms. The number of carbonyl (C=O) groups is 1. The molecule has 0 aliphatic carbocycles. The minimum absolute atomic E-state index is 0. The SMILES string of the molecule is CC(C)CC(=O)/C=C(\O)CC(C)C.[Ir].[c-]1cc2ccccc2c2c1-c1nc3ccccc3cc1OC2. The van der Waals surface area contributed by atoms with Crippen LogP contribution in [0.1, 0.15) is 46.1 Å². The van der Waals surface area contributed by atoms with Crippen LogP contribution in [0.2, 0.25) is 0 Å². The van der Waals surface area contributed by atoms with E-state index in [-0.39, 0.29) is 31.6 Å². The molecule has 5 rings (SSSR count). The third kappa shape index (κ3) is 6.60. The second kappa shape index (κ2) is 12.3. The van der Waals surface area contributed by atoms with Crippen molar-refractivity contribution in [1.82, 2.24) is 4.98 Å². The van der Waals surface area contributed by atoms with E-state index in [0.29, 0.717) is 31.3 Å². The fourth-order valence-electron chi connectivity index (χ4n) is 4.29. The maximum Gasteiger partial charge on any atom is 0.159 e. The van der Waals surface area contributed by atoms with E-state index >= 15 is 0 Å². The Balaban J connectivity index is 0.000000226. The van der Waals surface area contributed by atoms with Crippen LogP contribution in [-0.2, 0) is 31.5 Å². The fourth-order valence-corrected chi connectivity index (χ4v) is 4.29. The normalized spacial score (nSPS) is 12.3. The Labute approximate surface area is 226 Å². The van der Waals surface area contributed by atoms with Crippen LogP contribution in [0, 0.1) is 17.9 Å². The van der Waals surface area contributed by atoms with Crippen molar-refractivity contribution in [2.24, 2.45) is 11.8 Å². The van der Waals surface area contributed by atoms with Gasteiger partial charge in [0.15, 0.2) is 5.78 Å². The number of carbonyl (C=O) groups excluding carboxylic acids is 1. The number of rotatable bonds is 5. The number of pyridine rings is 1. The van der Waals surface area contributed by atoms with Crippen molar-refractivity contribution in [2.75, 3.05) is 0 Å². The van der Waals surface area contributed by atoms with Crippen molar-refractivity contribution in [3.05, 3.63) is 84.1 Å². The van der Waals surface area contributed by atoms with Crippen molar-refractivity contribution in [1.29, 1.82) is 0 Å². The zero-order valence-electron chi connectivity index (χ0n) is 21.2. The second-order valence-electron chi connectivity index (χ2n) is 9.84. The van der Waals surface area contributed by atoms with Crippen molar-refractivity contribution >= 4 is 27.5 Å². The summed E-state index contributed by atoms with van der Waals surface area (Å²) in [4.78, 5) is 16.0. The quantitative estimate of drug-likeness (QED) is 0.135. The molecule has 1 aliphatic rings. The van der Waals surface area contributed by atoms with Gasteiger partial charge in [0.05, 0.1) is 17.9 Å². The van der Waals surface area contributed by atoms with Gasteiger partial charge in [0.2, 0.25) is 0 Å². The molecular weight excluding hydrogens is 627 g/mol. The number of nitrogens with zero attached hydrogens (tertiary/aromatic N) is 1. The van der Waals surface area contributed by atoms with Gasteiger partial charge in [-0.2, -0.15) is 0 Å². The van der Waals surface area contributed by atoms with Gasteiger partial charge in [0.25, 0.3) is 0 Å². The van der Waals surface area contributed by atoms with Crippen LogP contribution < -0.4 is 4.74 Å². The van der Waals surface area contributed by atoms with E-state index in [9.17, 15) is 9.90 Å². The number of hydrogen-bond donors (Lipinski definition) is 1. The Hall–Kier alpha value is -3.01. The van der Waals surface area contributed by atoms with E-state index in [0.717, 1.165) is 27.9 Å². The maximum atomic E-state index is 11.2. The monoisotopic (exact) mass is 659 g/mol. The molecule has 0 fully saturated rings. The number of aliphatic hydroxyl groups is 1. The average Bonchev–Trinajstić information content (AvgIpc) is 2.81. The molecule has 1 aliphatic heterocycles. The third-order valence-corrected chi connectivity index (χ3v) is 5.81. The number of aromatic nitrogens is 1. The Morgan fingerprint density at radius 2 is 1.69 bits per heavy atom. The topological polar surface area (TPSA) is 59.4 Å². The standard InChI is InChI=1S/C20H12NO.C11H20O2.Ir/c1-3-7-15-13(5-1)9-10-16-17(15)12-22-19-11-14-6-2-4-8-18(14)21-20(16)19;1-8(2)5-10(12)7-11(13)6-9(3)4;/h1-9,11H,12H2;7-9,12H,5-6H2,1-4H3;/q-1;;/b;10-7-;. The molecule has 1 radical (unpaired) electrons. The van der Waals surface area contributed by atoms with Crippen LogP contribution in [0.3, 0.4) is 0 Å². The van der Waals surface area contributed by atoms with E-state index in [1.165, 1.54) is 22.4 Å². The molecule has 189 valence electrons. The molecule has 1 aromatic heterocycles. The first-order chi connectivity index (χ1) is 16.8. The summed E-state index contributed by atoms with van der Waals surface area (Å²) in [5.41, 5.74) is 4.11. The molecule has 0 atom stereocenters. The summed E-state index contributed by atoms with van der Waals surface area (Å²) in [5, 5.41) is 12.9. The molecule has 0 unspecified atom stereocenters. The van der Waals surface area contributed by atoms with Gasteiger partial charge in [-0.05, 0) is 24.0 Å². The van der Waals surface area contributed by atoms with Gasteiger partial charge < -0.3 is 9.84 Å². The zero-order chi connectivity index (χ0) is 24.9. The van der Waals surface area contributed by atoms with Crippen LogP contribution in [-0.4, -0.2) is 15.9 Å².